The fourth-order valence-electron chi connectivity index (χ4n) is 1.64. The number of rotatable bonds is 5. The molecule has 0 aromatic heterocycles. The van der Waals surface area contributed by atoms with Gasteiger partial charge in [-0.15, -0.1) is 12.4 Å². The first kappa shape index (κ1) is 15.1. The maximum absolute atomic E-state index is 11.4. The van der Waals surface area contributed by atoms with Crippen LogP contribution in [0.15, 0.2) is 0 Å². The van der Waals surface area contributed by atoms with Crippen molar-refractivity contribution in [1.29, 1.82) is 0 Å². The zero-order valence-corrected chi connectivity index (χ0v) is 10.9. The van der Waals surface area contributed by atoms with Crippen LogP contribution in [0.2, 0.25) is 0 Å². The molecule has 0 radical (unpaired) electrons. The molecule has 5 heteroatoms. The Morgan fingerprint density at radius 3 is 2.73 bits per heavy atom. The summed E-state index contributed by atoms with van der Waals surface area (Å²) in [5, 5.41) is 6.38. The molecule has 0 atom stereocenters. The second kappa shape index (κ2) is 9.31. The first-order valence-corrected chi connectivity index (χ1v) is 6.71. The van der Waals surface area contributed by atoms with E-state index in [1.54, 1.807) is 11.8 Å². The number of amides is 1. The molecule has 1 heterocycles. The summed E-state index contributed by atoms with van der Waals surface area (Å²) >= 11 is 1.80. The van der Waals surface area contributed by atoms with E-state index in [4.69, 9.17) is 0 Å². The van der Waals surface area contributed by atoms with Crippen LogP contribution in [0.5, 0.6) is 0 Å². The minimum Gasteiger partial charge on any atom is -0.353 e. The van der Waals surface area contributed by atoms with E-state index in [2.05, 4.69) is 16.9 Å². The summed E-state index contributed by atoms with van der Waals surface area (Å²) in [6.45, 7) is 2.07. The normalized spacial score (nSPS) is 16.9. The highest BCUT2D eigenvalue weighted by atomic mass is 35.5. The summed E-state index contributed by atoms with van der Waals surface area (Å²) in [5.41, 5.74) is 0. The monoisotopic (exact) mass is 252 g/mol. The average Bonchev–Trinajstić information content (AvgIpc) is 2.20. The molecule has 1 aliphatic heterocycles. The Morgan fingerprint density at radius 2 is 2.13 bits per heavy atom. The summed E-state index contributed by atoms with van der Waals surface area (Å²) in [6.07, 6.45) is 5.91. The van der Waals surface area contributed by atoms with E-state index in [9.17, 15) is 4.79 Å². The van der Waals surface area contributed by atoms with Gasteiger partial charge in [-0.1, -0.05) is 0 Å². The van der Waals surface area contributed by atoms with E-state index in [-0.39, 0.29) is 18.3 Å². The van der Waals surface area contributed by atoms with E-state index < -0.39 is 0 Å². The van der Waals surface area contributed by atoms with Gasteiger partial charge in [0.2, 0.25) is 5.91 Å². The van der Waals surface area contributed by atoms with Crippen molar-refractivity contribution in [2.24, 2.45) is 0 Å². The summed E-state index contributed by atoms with van der Waals surface area (Å²) in [4.78, 5) is 11.4. The van der Waals surface area contributed by atoms with Gasteiger partial charge in [-0.3, -0.25) is 4.79 Å². The number of hydrogen-bond donors (Lipinski definition) is 2. The van der Waals surface area contributed by atoms with Crippen LogP contribution in [0.3, 0.4) is 0 Å². The van der Waals surface area contributed by atoms with Crippen molar-refractivity contribution in [2.75, 3.05) is 25.1 Å². The molecule has 15 heavy (non-hydrogen) atoms. The maximum Gasteiger partial charge on any atom is 0.220 e. The van der Waals surface area contributed by atoms with Crippen molar-refractivity contribution in [3.63, 3.8) is 0 Å². The van der Waals surface area contributed by atoms with Crippen molar-refractivity contribution < 1.29 is 4.79 Å². The number of hydrogen-bond acceptors (Lipinski definition) is 3. The summed E-state index contributed by atoms with van der Waals surface area (Å²) in [5.74, 6) is 1.31. The van der Waals surface area contributed by atoms with Crippen molar-refractivity contribution in [1.82, 2.24) is 10.6 Å². The third-order valence-corrected chi connectivity index (χ3v) is 3.15. The Hall–Kier alpha value is 0.0700. The van der Waals surface area contributed by atoms with Gasteiger partial charge in [0.1, 0.15) is 0 Å². The van der Waals surface area contributed by atoms with Gasteiger partial charge in [0.05, 0.1) is 0 Å². The Balaban J connectivity index is 0.00000196. The SMILES string of the molecule is CSCCCC(=O)NC1CCNCC1.Cl. The number of halogens is 1. The largest absolute Gasteiger partial charge is 0.353 e. The van der Waals surface area contributed by atoms with Gasteiger partial charge in [0.25, 0.3) is 0 Å². The molecule has 1 fully saturated rings. The molecule has 1 amide bonds. The van der Waals surface area contributed by atoms with Crippen LogP contribution in [-0.4, -0.2) is 37.0 Å². The molecule has 1 saturated heterocycles. The number of carbonyl (C=O) groups excluding carboxylic acids is 1. The molecule has 0 saturated carbocycles. The van der Waals surface area contributed by atoms with Gasteiger partial charge < -0.3 is 10.6 Å². The molecule has 0 spiro atoms. The van der Waals surface area contributed by atoms with Crippen LogP contribution < -0.4 is 10.6 Å². The number of carbonyl (C=O) groups is 1. The predicted molar refractivity (Wildman–Crippen MR) is 68.9 cm³/mol. The molecule has 0 unspecified atom stereocenters. The maximum atomic E-state index is 11.4. The highest BCUT2D eigenvalue weighted by Crippen LogP contribution is 2.04. The molecule has 0 bridgehead atoms. The van der Waals surface area contributed by atoms with Gasteiger partial charge in [0, 0.05) is 12.5 Å². The van der Waals surface area contributed by atoms with Crippen LogP contribution in [0.1, 0.15) is 25.7 Å². The van der Waals surface area contributed by atoms with Crippen LogP contribution in [0.4, 0.5) is 0 Å². The summed E-state index contributed by atoms with van der Waals surface area (Å²) in [6, 6.07) is 0.415. The zero-order chi connectivity index (χ0) is 10.2. The van der Waals surface area contributed by atoms with Crippen molar-refractivity contribution in [2.45, 2.75) is 31.7 Å². The highest BCUT2D eigenvalue weighted by molar-refractivity contribution is 7.98. The Morgan fingerprint density at radius 1 is 1.47 bits per heavy atom. The lowest BCUT2D eigenvalue weighted by Crippen LogP contribution is -2.42. The summed E-state index contributed by atoms with van der Waals surface area (Å²) in [7, 11) is 0. The van der Waals surface area contributed by atoms with Gasteiger partial charge in [-0.25, -0.2) is 0 Å². The van der Waals surface area contributed by atoms with E-state index in [1.807, 2.05) is 0 Å². The number of thioether (sulfide) groups is 1. The number of nitrogens with one attached hydrogen (secondary N) is 2. The lowest BCUT2D eigenvalue weighted by atomic mass is 10.1. The quantitative estimate of drug-likeness (QED) is 0.728. The smallest absolute Gasteiger partial charge is 0.220 e. The van der Waals surface area contributed by atoms with Gasteiger partial charge in [-0.05, 0) is 44.4 Å². The van der Waals surface area contributed by atoms with Crippen LogP contribution >= 0.6 is 24.2 Å². The Bertz CT molecular complexity index is 175. The van der Waals surface area contributed by atoms with Gasteiger partial charge in [-0.2, -0.15) is 11.8 Å². The first-order chi connectivity index (χ1) is 6.83. The molecule has 3 nitrogen and oxygen atoms in total. The van der Waals surface area contributed by atoms with Crippen molar-refractivity contribution >= 4 is 30.1 Å². The fourth-order valence-corrected chi connectivity index (χ4v) is 2.08. The molecular formula is C10H21ClN2OS. The molecule has 1 aliphatic rings. The minimum absolute atomic E-state index is 0. The molecule has 90 valence electrons. The molecular weight excluding hydrogens is 232 g/mol. The predicted octanol–water partition coefficient (Wildman–Crippen LogP) is 1.42. The highest BCUT2D eigenvalue weighted by Gasteiger charge is 2.14. The third-order valence-electron chi connectivity index (χ3n) is 2.46. The Labute approximate surface area is 103 Å². The van der Waals surface area contributed by atoms with E-state index >= 15 is 0 Å². The lowest BCUT2D eigenvalue weighted by Gasteiger charge is -2.23. The second-order valence-corrected chi connectivity index (χ2v) is 4.67. The molecule has 0 aliphatic carbocycles. The van der Waals surface area contributed by atoms with Crippen molar-refractivity contribution in [3.8, 4) is 0 Å². The topological polar surface area (TPSA) is 41.1 Å². The molecule has 1 rings (SSSR count). The molecule has 0 aromatic rings. The van der Waals surface area contributed by atoms with E-state index in [0.717, 1.165) is 38.1 Å². The number of piperidine rings is 1. The Kier molecular flexibility index (Phi) is 9.35. The standard InChI is InChI=1S/C10H20N2OS.ClH/c1-14-8-2-3-10(13)12-9-4-6-11-7-5-9;/h9,11H,2-8H2,1H3,(H,12,13);1H. The zero-order valence-electron chi connectivity index (χ0n) is 9.25. The second-order valence-electron chi connectivity index (χ2n) is 3.69. The summed E-state index contributed by atoms with van der Waals surface area (Å²) < 4.78 is 0. The van der Waals surface area contributed by atoms with Gasteiger partial charge >= 0.3 is 0 Å². The molecule has 0 aromatic carbocycles. The first-order valence-electron chi connectivity index (χ1n) is 5.32. The molecule has 2 N–H and O–H groups in total. The van der Waals surface area contributed by atoms with E-state index in [1.165, 1.54) is 0 Å². The average molecular weight is 253 g/mol. The van der Waals surface area contributed by atoms with Crippen LogP contribution in [-0.2, 0) is 4.79 Å². The van der Waals surface area contributed by atoms with Crippen LogP contribution in [0, 0.1) is 0 Å². The van der Waals surface area contributed by atoms with Gasteiger partial charge in [0.15, 0.2) is 0 Å². The van der Waals surface area contributed by atoms with E-state index in [0.29, 0.717) is 12.5 Å². The van der Waals surface area contributed by atoms with Crippen LogP contribution in [0.25, 0.3) is 0 Å². The lowest BCUT2D eigenvalue weighted by molar-refractivity contribution is -0.121. The fraction of sp³-hybridized carbons (Fsp3) is 0.900. The minimum atomic E-state index is 0. The third kappa shape index (κ3) is 7.03. The van der Waals surface area contributed by atoms with Crippen molar-refractivity contribution in [3.05, 3.63) is 0 Å².